The highest BCUT2D eigenvalue weighted by Gasteiger charge is 2.08. The predicted octanol–water partition coefficient (Wildman–Crippen LogP) is 1.97. The van der Waals surface area contributed by atoms with Crippen LogP contribution in [0.1, 0.15) is 5.82 Å². The molecule has 0 N–H and O–H groups in total. The van der Waals surface area contributed by atoms with Gasteiger partial charge in [-0.05, 0) is 19.1 Å². The van der Waals surface area contributed by atoms with Crippen molar-refractivity contribution >= 4 is 11.0 Å². The Bertz CT molecular complexity index is 671. The zero-order chi connectivity index (χ0) is 11.8. The number of fused-ring (bicyclic) bond motifs is 1. The lowest BCUT2D eigenvalue weighted by Crippen LogP contribution is -2.23. The molecule has 0 unspecified atom stereocenters. The summed E-state index contributed by atoms with van der Waals surface area (Å²) in [5, 5.41) is 11.0. The van der Waals surface area contributed by atoms with E-state index < -0.39 is 0 Å². The summed E-state index contributed by atoms with van der Waals surface area (Å²) >= 11 is 0. The first-order chi connectivity index (χ1) is 8.25. The fourth-order valence-corrected chi connectivity index (χ4v) is 2.03. The minimum absolute atomic E-state index is 0.776. The van der Waals surface area contributed by atoms with E-state index in [0.29, 0.717) is 0 Å². The van der Waals surface area contributed by atoms with Crippen molar-refractivity contribution in [1.29, 1.82) is 0 Å². The van der Waals surface area contributed by atoms with Crippen LogP contribution < -0.4 is 4.73 Å². The van der Waals surface area contributed by atoms with Crippen LogP contribution in [0, 0.1) is 12.1 Å². The molecule has 1 aromatic carbocycles. The van der Waals surface area contributed by atoms with Gasteiger partial charge in [0.05, 0.1) is 16.7 Å². The number of imidazole rings is 1. The number of rotatable bonds is 1. The molecule has 0 amide bonds. The topological polar surface area (TPSA) is 44.8 Å². The van der Waals surface area contributed by atoms with Gasteiger partial charge in [-0.2, -0.15) is 4.73 Å². The molecule has 0 fully saturated rings. The zero-order valence-electron chi connectivity index (χ0n) is 9.37. The lowest BCUT2D eigenvalue weighted by Gasteiger charge is -2.05. The summed E-state index contributed by atoms with van der Waals surface area (Å²) in [5.41, 5.74) is 2.96. The van der Waals surface area contributed by atoms with Crippen LogP contribution in [0.2, 0.25) is 0 Å². The molecule has 0 spiro atoms. The van der Waals surface area contributed by atoms with E-state index in [1.165, 1.54) is 12.4 Å². The Kier molecular flexibility index (Phi) is 2.08. The highest BCUT2D eigenvalue weighted by atomic mass is 16.5. The van der Waals surface area contributed by atoms with Crippen LogP contribution >= 0.6 is 0 Å². The van der Waals surface area contributed by atoms with Crippen LogP contribution in [0.4, 0.5) is 0 Å². The maximum atomic E-state index is 11.0. The van der Waals surface area contributed by atoms with E-state index in [4.69, 9.17) is 0 Å². The van der Waals surface area contributed by atoms with Crippen molar-refractivity contribution in [1.82, 2.24) is 9.55 Å². The molecular formula is C13H11N3O. The Balaban J connectivity index is 2.29. The molecule has 0 aliphatic heterocycles. The molecule has 0 aliphatic carbocycles. The van der Waals surface area contributed by atoms with Gasteiger partial charge in [0.25, 0.3) is 0 Å². The Morgan fingerprint density at radius 3 is 2.59 bits per heavy atom. The van der Waals surface area contributed by atoms with Gasteiger partial charge in [0.15, 0.2) is 12.4 Å². The zero-order valence-corrected chi connectivity index (χ0v) is 9.37. The number of aromatic nitrogens is 3. The molecule has 0 radical (unpaired) electrons. The summed E-state index contributed by atoms with van der Waals surface area (Å²) in [6.45, 7) is 1.96. The van der Waals surface area contributed by atoms with E-state index in [-0.39, 0.29) is 0 Å². The summed E-state index contributed by atoms with van der Waals surface area (Å²) < 4.78 is 2.81. The summed E-state index contributed by atoms with van der Waals surface area (Å²) in [4.78, 5) is 4.49. The largest absolute Gasteiger partial charge is 0.619 e. The lowest BCUT2D eigenvalue weighted by molar-refractivity contribution is -0.605. The molecule has 3 aromatic rings. The van der Waals surface area contributed by atoms with Crippen LogP contribution in [-0.4, -0.2) is 9.55 Å². The molecule has 3 rings (SSSR count). The van der Waals surface area contributed by atoms with Gasteiger partial charge in [-0.1, -0.05) is 12.1 Å². The van der Waals surface area contributed by atoms with Gasteiger partial charge in [0.2, 0.25) is 0 Å². The number of hydrogen-bond acceptors (Lipinski definition) is 2. The summed E-state index contributed by atoms with van der Waals surface area (Å²) in [6, 6.07) is 11.5. The lowest BCUT2D eigenvalue weighted by atomic mass is 10.3. The quantitative estimate of drug-likeness (QED) is 0.469. The Labute approximate surface area is 98.4 Å². The molecular weight excluding hydrogens is 214 g/mol. The standard InChI is InChI=1S/C13H11N3O/c1-10-14-12-4-2-3-5-13(12)16(10)11-6-8-15(17)9-7-11/h2-9H,1H3. The second-order valence-electron chi connectivity index (χ2n) is 3.90. The van der Waals surface area contributed by atoms with E-state index in [0.717, 1.165) is 27.3 Å². The number of hydrogen-bond donors (Lipinski definition) is 0. The van der Waals surface area contributed by atoms with Crippen LogP contribution in [0.5, 0.6) is 0 Å². The van der Waals surface area contributed by atoms with Gasteiger partial charge < -0.3 is 5.21 Å². The molecule has 0 aliphatic rings. The van der Waals surface area contributed by atoms with Crippen LogP contribution in [0.15, 0.2) is 48.8 Å². The number of para-hydroxylation sites is 2. The van der Waals surface area contributed by atoms with Crippen LogP contribution in [-0.2, 0) is 0 Å². The third-order valence-electron chi connectivity index (χ3n) is 2.77. The fourth-order valence-electron chi connectivity index (χ4n) is 2.03. The van der Waals surface area contributed by atoms with Gasteiger partial charge in [-0.25, -0.2) is 4.98 Å². The molecule has 0 bridgehead atoms. The average Bonchev–Trinajstić information content (AvgIpc) is 2.66. The highest BCUT2D eigenvalue weighted by Crippen LogP contribution is 2.19. The highest BCUT2D eigenvalue weighted by molar-refractivity contribution is 5.78. The van der Waals surface area contributed by atoms with Crippen LogP contribution in [0.3, 0.4) is 0 Å². The van der Waals surface area contributed by atoms with E-state index in [1.54, 1.807) is 12.1 Å². The molecule has 2 aromatic heterocycles. The number of nitrogens with zero attached hydrogens (tertiary/aromatic N) is 3. The molecule has 4 heteroatoms. The Morgan fingerprint density at radius 2 is 1.82 bits per heavy atom. The van der Waals surface area contributed by atoms with Crippen molar-refractivity contribution in [2.24, 2.45) is 0 Å². The van der Waals surface area contributed by atoms with Crippen molar-refractivity contribution in [3.8, 4) is 5.69 Å². The number of pyridine rings is 1. The Hall–Kier alpha value is -2.36. The van der Waals surface area contributed by atoms with Gasteiger partial charge in [0, 0.05) is 12.1 Å². The average molecular weight is 225 g/mol. The van der Waals surface area contributed by atoms with E-state index in [2.05, 4.69) is 4.98 Å². The third-order valence-corrected chi connectivity index (χ3v) is 2.77. The molecule has 84 valence electrons. The van der Waals surface area contributed by atoms with Crippen molar-refractivity contribution in [2.45, 2.75) is 6.92 Å². The minimum Gasteiger partial charge on any atom is -0.619 e. The predicted molar refractivity (Wildman–Crippen MR) is 64.8 cm³/mol. The minimum atomic E-state index is 0.776. The fraction of sp³-hybridized carbons (Fsp3) is 0.0769. The maximum Gasteiger partial charge on any atom is 0.182 e. The second-order valence-corrected chi connectivity index (χ2v) is 3.90. The molecule has 17 heavy (non-hydrogen) atoms. The van der Waals surface area contributed by atoms with Gasteiger partial charge in [-0.15, -0.1) is 0 Å². The first kappa shape index (κ1) is 9.84. The first-order valence-electron chi connectivity index (χ1n) is 5.39. The summed E-state index contributed by atoms with van der Waals surface area (Å²) in [7, 11) is 0. The molecule has 4 nitrogen and oxygen atoms in total. The third kappa shape index (κ3) is 1.54. The van der Waals surface area contributed by atoms with Gasteiger partial charge in [0.1, 0.15) is 5.82 Å². The molecule has 0 saturated heterocycles. The number of benzene rings is 1. The van der Waals surface area contributed by atoms with Crippen molar-refractivity contribution in [2.75, 3.05) is 0 Å². The smallest absolute Gasteiger partial charge is 0.182 e. The van der Waals surface area contributed by atoms with E-state index in [9.17, 15) is 5.21 Å². The van der Waals surface area contributed by atoms with E-state index >= 15 is 0 Å². The summed E-state index contributed by atoms with van der Waals surface area (Å²) in [5.74, 6) is 0.912. The van der Waals surface area contributed by atoms with E-state index in [1.807, 2.05) is 35.8 Å². The monoisotopic (exact) mass is 225 g/mol. The van der Waals surface area contributed by atoms with Crippen molar-refractivity contribution in [3.05, 3.63) is 59.8 Å². The van der Waals surface area contributed by atoms with Crippen molar-refractivity contribution in [3.63, 3.8) is 0 Å². The summed E-state index contributed by atoms with van der Waals surface area (Å²) in [6.07, 6.45) is 2.98. The molecule has 0 atom stereocenters. The molecule has 0 saturated carbocycles. The van der Waals surface area contributed by atoms with Gasteiger partial charge in [-0.3, -0.25) is 4.57 Å². The SMILES string of the molecule is Cc1nc2ccccc2n1-c1cc[n+]([O-])cc1. The van der Waals surface area contributed by atoms with Crippen LogP contribution in [0.25, 0.3) is 16.7 Å². The van der Waals surface area contributed by atoms with Crippen molar-refractivity contribution < 1.29 is 4.73 Å². The second kappa shape index (κ2) is 3.59. The maximum absolute atomic E-state index is 11.0. The van der Waals surface area contributed by atoms with Gasteiger partial charge >= 0.3 is 0 Å². The Morgan fingerprint density at radius 1 is 1.12 bits per heavy atom. The normalized spacial score (nSPS) is 10.9. The first-order valence-corrected chi connectivity index (χ1v) is 5.39. The number of aryl methyl sites for hydroxylation is 1. The molecule has 2 heterocycles.